The summed E-state index contributed by atoms with van der Waals surface area (Å²) >= 11 is 1.87. The summed E-state index contributed by atoms with van der Waals surface area (Å²) in [5.41, 5.74) is 30.7. The topological polar surface area (TPSA) is 31.2 Å². The number of hydrogen-bond acceptors (Lipinski definition) is 3. The molecule has 0 bridgehead atoms. The summed E-state index contributed by atoms with van der Waals surface area (Å²) < 4.78 is 19.0. The van der Waals surface area contributed by atoms with Gasteiger partial charge in [-0.3, -0.25) is 0 Å². The molecule has 0 aliphatic heterocycles. The standard InChI is InChI=1S/C128H75NO2S/c1-3-26-76(27-4-1)82-59-66-119-111(70-82)112-73-86(60-67-120(112)132-119)124-100-41-15-13-39-98(100)123(99-40-14-16-42-101(99)124)84-57-64-115-109(71-84)90-62-55-88(75-118(90)130-115)127-102-43-17-11-37-96(102)122(97-38-12-18-44-103(97)127)83-31-25-30-80(68-83)77-50-52-78(53-51-77)81-56-63-114-108(69-81)89-32-23-24-49-113(89)129(114)128-106-47-21-19-45-104(106)125(105-46-20-22-48-107(105)128)85-58-65-116-110(72-85)91-61-54-87(74-117(91)131-116)126-94-35-9-7-33-92(94)121(79-28-5-2-6-29-79)93-34-8-10-36-95(93)126/h1-75H. The van der Waals surface area contributed by atoms with Crippen LogP contribution in [0, 0.1) is 0 Å². The predicted octanol–water partition coefficient (Wildman–Crippen LogP) is 36.8. The molecule has 28 rings (SSSR count). The highest BCUT2D eigenvalue weighted by Crippen LogP contribution is 2.53. The Labute approximate surface area is 763 Å². The molecule has 0 saturated carbocycles. The summed E-state index contributed by atoms with van der Waals surface area (Å²) in [6.45, 7) is 0. The molecule has 610 valence electrons. The molecule has 3 nitrogen and oxygen atoms in total. The van der Waals surface area contributed by atoms with Crippen molar-refractivity contribution in [2.75, 3.05) is 0 Å². The normalized spacial score (nSPS) is 12.1. The van der Waals surface area contributed by atoms with E-state index in [1.165, 1.54) is 190 Å². The van der Waals surface area contributed by atoms with Crippen molar-refractivity contribution in [1.82, 2.24) is 4.57 Å². The summed E-state index contributed by atoms with van der Waals surface area (Å²) in [4.78, 5) is 0. The number of hydrogen-bond donors (Lipinski definition) is 0. The summed E-state index contributed by atoms with van der Waals surface area (Å²) in [5, 5.41) is 28.7. The lowest BCUT2D eigenvalue weighted by molar-refractivity contribution is 0.668. The van der Waals surface area contributed by atoms with Crippen molar-refractivity contribution in [3.63, 3.8) is 0 Å². The van der Waals surface area contributed by atoms with Crippen LogP contribution in [0.1, 0.15) is 0 Å². The maximum Gasteiger partial charge on any atom is 0.136 e. The van der Waals surface area contributed by atoms with E-state index in [2.05, 4.69) is 460 Å². The Balaban J connectivity index is 0.495. The van der Waals surface area contributed by atoms with Gasteiger partial charge in [-0.25, -0.2) is 0 Å². The molecule has 0 atom stereocenters. The minimum Gasteiger partial charge on any atom is -0.456 e. The fraction of sp³-hybridized carbons (Fsp3) is 0. The van der Waals surface area contributed by atoms with E-state index in [0.717, 1.165) is 99.4 Å². The van der Waals surface area contributed by atoms with Crippen molar-refractivity contribution < 1.29 is 8.83 Å². The molecule has 0 N–H and O–H groups in total. The lowest BCUT2D eigenvalue weighted by atomic mass is 9.85. The van der Waals surface area contributed by atoms with Crippen LogP contribution < -0.4 is 0 Å². The second-order valence-corrected chi connectivity index (χ2v) is 36.5. The number of aromatic nitrogens is 1. The first-order valence-corrected chi connectivity index (χ1v) is 46.3. The van der Waals surface area contributed by atoms with Crippen LogP contribution in [0.5, 0.6) is 0 Å². The van der Waals surface area contributed by atoms with E-state index in [0.29, 0.717) is 0 Å². The Morgan fingerprint density at radius 2 is 0.394 bits per heavy atom. The lowest BCUT2D eigenvalue weighted by Gasteiger charge is -2.19. The average molecular weight is 1690 g/mol. The Hall–Kier alpha value is -17.0. The molecule has 0 fully saturated rings. The number of thiophene rings is 1. The molecule has 0 radical (unpaired) electrons. The number of furan rings is 2. The average Bonchev–Trinajstić information content (AvgIpc) is 1.45. The molecule has 0 amide bonds. The molecule has 24 aromatic carbocycles. The van der Waals surface area contributed by atoms with Gasteiger partial charge in [-0.2, -0.15) is 0 Å². The summed E-state index contributed by atoms with van der Waals surface area (Å²) in [6, 6.07) is 169. The van der Waals surface area contributed by atoms with E-state index < -0.39 is 0 Å². The van der Waals surface area contributed by atoms with Crippen LogP contribution in [-0.4, -0.2) is 4.57 Å². The van der Waals surface area contributed by atoms with Crippen LogP contribution in [0.4, 0.5) is 0 Å². The first-order chi connectivity index (χ1) is 65.5. The zero-order chi connectivity index (χ0) is 86.3. The molecule has 0 aliphatic carbocycles. The molecule has 0 aliphatic rings. The van der Waals surface area contributed by atoms with Crippen LogP contribution in [0.25, 0.3) is 289 Å². The van der Waals surface area contributed by atoms with Gasteiger partial charge >= 0.3 is 0 Å². The van der Waals surface area contributed by atoms with Crippen molar-refractivity contribution >= 4 is 183 Å². The Morgan fingerprint density at radius 3 is 0.818 bits per heavy atom. The SMILES string of the molecule is c1ccc(-c2ccc3sc4ccc(-c5c6ccccc6c(-c6ccc7oc8cc(-c9c%10ccccc%10c(-c%10cccc(-c%11ccc(-c%12ccc%13c(c%12)c%12ccccc%12n%13-c%12c%13ccccc%13c(-c%13ccc%14oc%15cc(-c%16c%17ccccc%17c(-c%17ccccc%17)c%17ccccc%16%17)ccc%15c%14c%13)c%13ccccc%12%13)cc%11)c%10)c%10ccccc9%10)ccc8c7c6)c6ccccc56)cc4c3c2)cc1. The van der Waals surface area contributed by atoms with Crippen LogP contribution >= 0.6 is 11.3 Å². The zero-order valence-electron chi connectivity index (χ0n) is 71.5. The Kier molecular flexibility index (Phi) is 16.4. The van der Waals surface area contributed by atoms with E-state index in [-0.39, 0.29) is 0 Å². The highest BCUT2D eigenvalue weighted by atomic mass is 32.1. The molecular formula is C128H75NO2S. The first kappa shape index (κ1) is 74.1. The molecule has 0 spiro atoms. The van der Waals surface area contributed by atoms with Crippen LogP contribution in [0.15, 0.2) is 464 Å². The van der Waals surface area contributed by atoms with Gasteiger partial charge in [0, 0.05) is 63.3 Å². The van der Waals surface area contributed by atoms with Gasteiger partial charge in [-0.05, 0) is 284 Å². The molecular weight excluding hydrogens is 1620 g/mol. The van der Waals surface area contributed by atoms with Gasteiger partial charge in [0.25, 0.3) is 0 Å². The van der Waals surface area contributed by atoms with Crippen molar-refractivity contribution in [2.24, 2.45) is 0 Å². The van der Waals surface area contributed by atoms with Crippen LogP contribution in [0.3, 0.4) is 0 Å². The largest absolute Gasteiger partial charge is 0.456 e. The van der Waals surface area contributed by atoms with E-state index in [1.807, 2.05) is 11.3 Å². The molecule has 0 saturated heterocycles. The van der Waals surface area contributed by atoms with Gasteiger partial charge < -0.3 is 13.4 Å². The van der Waals surface area contributed by atoms with E-state index in [9.17, 15) is 0 Å². The number of rotatable bonds is 11. The first-order valence-electron chi connectivity index (χ1n) is 45.5. The van der Waals surface area contributed by atoms with E-state index in [1.54, 1.807) is 0 Å². The summed E-state index contributed by atoms with van der Waals surface area (Å²) in [7, 11) is 0. The van der Waals surface area contributed by atoms with Crippen LogP contribution in [-0.2, 0) is 0 Å². The fourth-order valence-corrected chi connectivity index (χ4v) is 23.6. The zero-order valence-corrected chi connectivity index (χ0v) is 72.3. The van der Waals surface area contributed by atoms with Crippen molar-refractivity contribution in [1.29, 1.82) is 0 Å². The lowest BCUT2D eigenvalue weighted by Crippen LogP contribution is -1.99. The highest BCUT2D eigenvalue weighted by molar-refractivity contribution is 7.25. The Bertz CT molecular complexity index is 9560. The monoisotopic (exact) mass is 1690 g/mol. The van der Waals surface area contributed by atoms with Crippen LogP contribution in [0.2, 0.25) is 0 Å². The molecule has 4 heteroatoms. The molecule has 132 heavy (non-hydrogen) atoms. The quantitative estimate of drug-likeness (QED) is 0.121. The number of benzene rings is 24. The van der Waals surface area contributed by atoms with Crippen molar-refractivity contribution in [3.8, 4) is 117 Å². The minimum atomic E-state index is 0.859. The van der Waals surface area contributed by atoms with Gasteiger partial charge in [0.2, 0.25) is 0 Å². The predicted molar refractivity (Wildman–Crippen MR) is 563 cm³/mol. The number of para-hydroxylation sites is 1. The third-order valence-corrected chi connectivity index (χ3v) is 29.5. The van der Waals surface area contributed by atoms with Gasteiger partial charge in [-0.15, -0.1) is 11.3 Å². The molecule has 4 heterocycles. The maximum absolute atomic E-state index is 6.98. The summed E-state index contributed by atoms with van der Waals surface area (Å²) in [6.07, 6.45) is 0. The van der Waals surface area contributed by atoms with Gasteiger partial charge in [0.1, 0.15) is 22.3 Å². The van der Waals surface area contributed by atoms with Gasteiger partial charge in [0.15, 0.2) is 0 Å². The third kappa shape index (κ3) is 11.4. The molecule has 0 unspecified atom stereocenters. The minimum absolute atomic E-state index is 0.859. The highest BCUT2D eigenvalue weighted by Gasteiger charge is 2.27. The van der Waals surface area contributed by atoms with E-state index in [4.69, 9.17) is 8.83 Å². The van der Waals surface area contributed by atoms with Gasteiger partial charge in [-0.1, -0.05) is 358 Å². The summed E-state index contributed by atoms with van der Waals surface area (Å²) in [5.74, 6) is 0. The fourth-order valence-electron chi connectivity index (χ4n) is 22.5. The van der Waals surface area contributed by atoms with Crippen molar-refractivity contribution in [3.05, 3.63) is 455 Å². The smallest absolute Gasteiger partial charge is 0.136 e. The van der Waals surface area contributed by atoms with E-state index >= 15 is 0 Å². The van der Waals surface area contributed by atoms with Gasteiger partial charge in [0.05, 0.1) is 16.7 Å². The second kappa shape index (κ2) is 29.3. The van der Waals surface area contributed by atoms with Crippen molar-refractivity contribution in [2.45, 2.75) is 0 Å². The maximum atomic E-state index is 6.98. The number of nitrogens with zero attached hydrogens (tertiary/aromatic N) is 1. The second-order valence-electron chi connectivity index (χ2n) is 35.4. The number of fused-ring (bicyclic) bond motifs is 20. The molecule has 28 aromatic rings. The third-order valence-electron chi connectivity index (χ3n) is 28.3. The Morgan fingerprint density at radius 1 is 0.136 bits per heavy atom. The molecule has 4 aromatic heterocycles.